The fourth-order valence-corrected chi connectivity index (χ4v) is 5.46. The van der Waals surface area contributed by atoms with Gasteiger partial charge in [-0.2, -0.15) is 0 Å². The summed E-state index contributed by atoms with van der Waals surface area (Å²) in [7, 11) is 0. The summed E-state index contributed by atoms with van der Waals surface area (Å²) >= 11 is 0. The van der Waals surface area contributed by atoms with Gasteiger partial charge in [0.2, 0.25) is 11.8 Å². The molecule has 0 N–H and O–H groups in total. The molecular weight excluding hydrogens is 368 g/mol. The predicted octanol–water partition coefficient (Wildman–Crippen LogP) is 2.18. The molecule has 0 radical (unpaired) electrons. The molecule has 0 unspecified atom stereocenters. The van der Waals surface area contributed by atoms with Crippen molar-refractivity contribution in [1.29, 1.82) is 0 Å². The van der Waals surface area contributed by atoms with E-state index >= 15 is 0 Å². The van der Waals surface area contributed by atoms with Crippen LogP contribution in [0.15, 0.2) is 0 Å². The number of carbonyl (C=O) groups is 2. The number of hydrogen-bond acceptors (Lipinski definition) is 5. The molecule has 0 bridgehead atoms. The Labute approximate surface area is 173 Å². The Bertz CT molecular complexity index is 729. The van der Waals surface area contributed by atoms with Gasteiger partial charge in [-0.15, -0.1) is 5.10 Å². The third-order valence-corrected chi connectivity index (χ3v) is 7.31. The molecule has 1 atom stereocenters. The van der Waals surface area contributed by atoms with Crippen LogP contribution in [0.3, 0.4) is 0 Å². The second kappa shape index (κ2) is 8.79. The topological polar surface area (TPSA) is 84.2 Å². The highest BCUT2D eigenvalue weighted by Crippen LogP contribution is 2.40. The average molecular weight is 403 g/mol. The molecule has 0 aromatic carbocycles. The Hall–Kier alpha value is -1.99. The lowest BCUT2D eigenvalue weighted by atomic mass is 9.78. The highest BCUT2D eigenvalue weighted by molar-refractivity contribution is 5.86. The predicted molar refractivity (Wildman–Crippen MR) is 108 cm³/mol. The molecule has 3 fully saturated rings. The summed E-state index contributed by atoms with van der Waals surface area (Å²) in [6, 6.07) is 0. The normalized spacial score (nSPS) is 25.9. The van der Waals surface area contributed by atoms with Gasteiger partial charge in [-0.1, -0.05) is 32.1 Å². The number of amides is 2. The number of likely N-dealkylation sites (tertiary alicyclic amines) is 2. The van der Waals surface area contributed by atoms with E-state index < -0.39 is 0 Å². The van der Waals surface area contributed by atoms with Crippen molar-refractivity contribution in [1.82, 2.24) is 30.0 Å². The molecule has 4 rings (SSSR count). The first-order valence-corrected chi connectivity index (χ1v) is 11.4. The Morgan fingerprint density at radius 2 is 1.93 bits per heavy atom. The number of piperidine rings is 1. The second-order valence-electron chi connectivity index (χ2n) is 9.23. The van der Waals surface area contributed by atoms with Crippen molar-refractivity contribution >= 4 is 11.8 Å². The minimum Gasteiger partial charge on any atom is -0.342 e. The van der Waals surface area contributed by atoms with E-state index in [0.29, 0.717) is 37.8 Å². The Morgan fingerprint density at radius 3 is 2.69 bits per heavy atom. The van der Waals surface area contributed by atoms with Crippen molar-refractivity contribution < 1.29 is 9.59 Å². The van der Waals surface area contributed by atoms with Gasteiger partial charge in [0.25, 0.3) is 0 Å². The fraction of sp³-hybridized carbons (Fsp3) is 0.857. The van der Waals surface area contributed by atoms with E-state index in [2.05, 4.69) is 20.4 Å². The van der Waals surface area contributed by atoms with Crippen molar-refractivity contribution in [3.05, 3.63) is 5.82 Å². The van der Waals surface area contributed by atoms with Crippen LogP contribution in [0.5, 0.6) is 0 Å². The van der Waals surface area contributed by atoms with Gasteiger partial charge in [-0.3, -0.25) is 9.59 Å². The number of nitrogens with zero attached hydrogens (tertiary/aromatic N) is 6. The van der Waals surface area contributed by atoms with E-state index in [9.17, 15) is 9.59 Å². The maximum atomic E-state index is 13.3. The van der Waals surface area contributed by atoms with Gasteiger partial charge in [0, 0.05) is 32.6 Å². The van der Waals surface area contributed by atoms with Gasteiger partial charge >= 0.3 is 0 Å². The minimum atomic E-state index is -0.342. The molecule has 8 nitrogen and oxygen atoms in total. The van der Waals surface area contributed by atoms with Crippen LogP contribution in [0.2, 0.25) is 0 Å². The second-order valence-corrected chi connectivity index (χ2v) is 9.23. The van der Waals surface area contributed by atoms with Crippen LogP contribution in [0.4, 0.5) is 0 Å². The molecule has 1 aromatic heterocycles. The third-order valence-electron chi connectivity index (χ3n) is 7.31. The first kappa shape index (κ1) is 20.3. The summed E-state index contributed by atoms with van der Waals surface area (Å²) in [5, 5.41) is 11.4. The zero-order chi connectivity index (χ0) is 20.3. The summed E-state index contributed by atoms with van der Waals surface area (Å²) in [5.74, 6) is 1.91. The molecule has 2 saturated heterocycles. The highest BCUT2D eigenvalue weighted by atomic mass is 16.2. The molecule has 1 spiro atoms. The molecule has 1 saturated carbocycles. The summed E-state index contributed by atoms with van der Waals surface area (Å²) in [6.45, 7) is 5.38. The number of rotatable bonds is 6. The smallest absolute Gasteiger partial charge is 0.230 e. The number of hydrogen-bond donors (Lipinski definition) is 0. The number of aromatic nitrogens is 4. The minimum absolute atomic E-state index is 0.101. The van der Waals surface area contributed by atoms with Crippen molar-refractivity contribution in [3.63, 3.8) is 0 Å². The summed E-state index contributed by atoms with van der Waals surface area (Å²) in [4.78, 5) is 30.1. The van der Waals surface area contributed by atoms with Crippen molar-refractivity contribution in [3.8, 4) is 0 Å². The average Bonchev–Trinajstić information content (AvgIpc) is 3.35. The van der Waals surface area contributed by atoms with Crippen molar-refractivity contribution in [2.24, 2.45) is 11.3 Å². The third kappa shape index (κ3) is 4.46. The fourth-order valence-electron chi connectivity index (χ4n) is 5.46. The van der Waals surface area contributed by atoms with E-state index in [-0.39, 0.29) is 11.3 Å². The Balaban J connectivity index is 1.30. The molecule has 1 aliphatic carbocycles. The lowest BCUT2D eigenvalue weighted by Gasteiger charge is -2.40. The molecule has 3 heterocycles. The Kier molecular flexibility index (Phi) is 6.15. The SMILES string of the molecule is Cc1nnnn1CCC(=O)N1CC[C@@]2(CCCN(CCC3CCCCC3)C2=O)C1. The highest BCUT2D eigenvalue weighted by Gasteiger charge is 2.49. The van der Waals surface area contributed by atoms with E-state index in [0.717, 1.165) is 44.7 Å². The first-order valence-electron chi connectivity index (χ1n) is 11.4. The van der Waals surface area contributed by atoms with E-state index in [4.69, 9.17) is 0 Å². The zero-order valence-electron chi connectivity index (χ0n) is 17.7. The van der Waals surface area contributed by atoms with E-state index in [1.807, 2.05) is 11.8 Å². The van der Waals surface area contributed by atoms with Crippen LogP contribution in [-0.4, -0.2) is 68.0 Å². The van der Waals surface area contributed by atoms with Crippen LogP contribution < -0.4 is 0 Å². The molecule has 3 aliphatic rings. The largest absolute Gasteiger partial charge is 0.342 e. The monoisotopic (exact) mass is 402 g/mol. The Morgan fingerprint density at radius 1 is 1.10 bits per heavy atom. The number of tetrazole rings is 1. The molecular formula is C21H34N6O2. The number of aryl methyl sites for hydroxylation is 2. The van der Waals surface area contributed by atoms with Crippen LogP contribution in [-0.2, 0) is 16.1 Å². The zero-order valence-corrected chi connectivity index (χ0v) is 17.7. The van der Waals surface area contributed by atoms with E-state index in [1.165, 1.54) is 32.1 Å². The first-order chi connectivity index (χ1) is 14.1. The van der Waals surface area contributed by atoms with Crippen molar-refractivity contribution in [2.45, 2.75) is 77.7 Å². The summed E-state index contributed by atoms with van der Waals surface area (Å²) in [6.07, 6.45) is 11.0. The molecule has 2 amide bonds. The van der Waals surface area contributed by atoms with Gasteiger partial charge in [-0.25, -0.2) is 4.68 Å². The molecule has 29 heavy (non-hydrogen) atoms. The standard InChI is InChI=1S/C21H34N6O2/c1-17-22-23-24-27(17)14-9-19(28)26-15-11-21(16-26)10-5-12-25(20(21)29)13-8-18-6-3-2-4-7-18/h18H,2-16H2,1H3/t21-/m0/s1. The van der Waals surface area contributed by atoms with Gasteiger partial charge < -0.3 is 9.80 Å². The summed E-state index contributed by atoms with van der Waals surface area (Å²) in [5.41, 5.74) is -0.342. The lowest BCUT2D eigenvalue weighted by Crippen LogP contribution is -2.50. The van der Waals surface area contributed by atoms with E-state index in [1.54, 1.807) is 4.68 Å². The molecule has 160 valence electrons. The maximum Gasteiger partial charge on any atom is 0.230 e. The molecule has 1 aromatic rings. The van der Waals surface area contributed by atoms with Gasteiger partial charge in [0.05, 0.1) is 12.0 Å². The van der Waals surface area contributed by atoms with Gasteiger partial charge in [-0.05, 0) is 49.0 Å². The maximum absolute atomic E-state index is 13.3. The van der Waals surface area contributed by atoms with Crippen LogP contribution in [0.25, 0.3) is 0 Å². The molecule has 2 aliphatic heterocycles. The van der Waals surface area contributed by atoms with Gasteiger partial charge in [0.15, 0.2) is 0 Å². The van der Waals surface area contributed by atoms with Gasteiger partial charge in [0.1, 0.15) is 5.82 Å². The summed E-state index contributed by atoms with van der Waals surface area (Å²) < 4.78 is 1.66. The number of carbonyl (C=O) groups excluding carboxylic acids is 2. The lowest BCUT2D eigenvalue weighted by molar-refractivity contribution is -0.146. The quantitative estimate of drug-likeness (QED) is 0.728. The van der Waals surface area contributed by atoms with Crippen LogP contribution >= 0.6 is 0 Å². The van der Waals surface area contributed by atoms with Crippen LogP contribution in [0.1, 0.15) is 70.0 Å². The van der Waals surface area contributed by atoms with Crippen LogP contribution in [0, 0.1) is 18.3 Å². The molecule has 8 heteroatoms. The van der Waals surface area contributed by atoms with Crippen molar-refractivity contribution in [2.75, 3.05) is 26.2 Å².